The van der Waals surface area contributed by atoms with Crippen LogP contribution in [0.2, 0.25) is 0 Å². The van der Waals surface area contributed by atoms with Crippen molar-refractivity contribution in [2.45, 2.75) is 19.0 Å². The Hall–Kier alpha value is -1.59. The number of carbonyl (C=O) groups excluding carboxylic acids is 1. The minimum absolute atomic E-state index is 0.125. The summed E-state index contributed by atoms with van der Waals surface area (Å²) in [6.07, 6.45) is -4.04. The third kappa shape index (κ3) is 2.25. The monoisotopic (exact) mass is 247 g/mol. The molecule has 0 radical (unpaired) electrons. The van der Waals surface area contributed by atoms with Crippen LogP contribution < -0.4 is 5.32 Å². The molecule has 0 saturated heterocycles. The number of halogens is 4. The molecule has 1 aliphatic heterocycles. The zero-order chi connectivity index (χ0) is 12.6. The van der Waals surface area contributed by atoms with Crippen LogP contribution in [0.15, 0.2) is 12.1 Å². The van der Waals surface area contributed by atoms with Gasteiger partial charge in [0.2, 0.25) is 0 Å². The Morgan fingerprint density at radius 3 is 2.59 bits per heavy atom. The normalized spacial score (nSPS) is 16.1. The van der Waals surface area contributed by atoms with Crippen molar-refractivity contribution in [1.29, 1.82) is 0 Å². The van der Waals surface area contributed by atoms with E-state index in [1.54, 1.807) is 0 Å². The molecule has 1 N–H and O–H groups in total. The largest absolute Gasteiger partial charge is 0.416 e. The molecular formula is C11H9F4NO. The fourth-order valence-electron chi connectivity index (χ4n) is 1.77. The predicted octanol–water partition coefficient (Wildman–Crippen LogP) is 3.23. The number of carbonyl (C=O) groups is 1. The van der Waals surface area contributed by atoms with Crippen molar-refractivity contribution in [1.82, 2.24) is 0 Å². The molecule has 1 aromatic carbocycles. The van der Waals surface area contributed by atoms with E-state index in [2.05, 4.69) is 5.32 Å². The van der Waals surface area contributed by atoms with Gasteiger partial charge in [0.15, 0.2) is 5.78 Å². The number of hydrogen-bond donors (Lipinski definition) is 1. The van der Waals surface area contributed by atoms with Crippen LogP contribution >= 0.6 is 0 Å². The van der Waals surface area contributed by atoms with E-state index in [1.807, 2.05) is 0 Å². The molecule has 17 heavy (non-hydrogen) atoms. The highest BCUT2D eigenvalue weighted by Gasteiger charge is 2.33. The third-order valence-corrected chi connectivity index (χ3v) is 2.60. The van der Waals surface area contributed by atoms with Crippen LogP contribution in [-0.4, -0.2) is 12.3 Å². The van der Waals surface area contributed by atoms with Crippen LogP contribution in [0.1, 0.15) is 28.8 Å². The maximum atomic E-state index is 13.5. The number of ketones is 1. The number of benzene rings is 1. The molecule has 0 aromatic heterocycles. The zero-order valence-electron chi connectivity index (χ0n) is 8.70. The molecule has 0 aliphatic carbocycles. The van der Waals surface area contributed by atoms with E-state index in [1.165, 1.54) is 0 Å². The highest BCUT2D eigenvalue weighted by atomic mass is 19.4. The maximum absolute atomic E-state index is 13.5. The highest BCUT2D eigenvalue weighted by molar-refractivity contribution is 6.02. The molecule has 92 valence electrons. The smallest absolute Gasteiger partial charge is 0.382 e. The Morgan fingerprint density at radius 2 is 1.94 bits per heavy atom. The lowest BCUT2D eigenvalue weighted by Gasteiger charge is -2.12. The van der Waals surface area contributed by atoms with Crippen LogP contribution in [0.3, 0.4) is 0 Å². The van der Waals surface area contributed by atoms with Gasteiger partial charge in [-0.3, -0.25) is 4.79 Å². The van der Waals surface area contributed by atoms with Gasteiger partial charge in [-0.1, -0.05) is 0 Å². The van der Waals surface area contributed by atoms with Gasteiger partial charge < -0.3 is 5.32 Å². The van der Waals surface area contributed by atoms with Crippen molar-refractivity contribution >= 4 is 11.5 Å². The molecule has 6 heteroatoms. The van der Waals surface area contributed by atoms with Gasteiger partial charge in [-0.2, -0.15) is 13.2 Å². The van der Waals surface area contributed by atoms with Gasteiger partial charge in [-0.15, -0.1) is 0 Å². The summed E-state index contributed by atoms with van der Waals surface area (Å²) in [6, 6.07) is 1.11. The lowest BCUT2D eigenvalue weighted by Crippen LogP contribution is -2.10. The number of anilines is 1. The Labute approximate surface area is 94.6 Å². The summed E-state index contributed by atoms with van der Waals surface area (Å²) in [7, 11) is 0. The molecule has 2 rings (SSSR count). The molecule has 1 aromatic rings. The Bertz CT molecular complexity index is 467. The third-order valence-electron chi connectivity index (χ3n) is 2.60. The summed E-state index contributed by atoms with van der Waals surface area (Å²) < 4.78 is 50.9. The SMILES string of the molecule is O=C1CCCNc2c(F)cc(C(F)(F)F)cc21. The van der Waals surface area contributed by atoms with Gasteiger partial charge in [0, 0.05) is 18.5 Å². The first-order valence-electron chi connectivity index (χ1n) is 5.07. The van der Waals surface area contributed by atoms with E-state index in [0.29, 0.717) is 25.1 Å². The van der Waals surface area contributed by atoms with Gasteiger partial charge in [-0.25, -0.2) is 4.39 Å². The van der Waals surface area contributed by atoms with Crippen LogP contribution in [0.4, 0.5) is 23.2 Å². The van der Waals surface area contributed by atoms with Crippen LogP contribution in [0.5, 0.6) is 0 Å². The van der Waals surface area contributed by atoms with Gasteiger partial charge >= 0.3 is 6.18 Å². The van der Waals surface area contributed by atoms with Crippen molar-refractivity contribution in [2.24, 2.45) is 0 Å². The molecule has 0 fully saturated rings. The second-order valence-corrected chi connectivity index (χ2v) is 3.83. The van der Waals surface area contributed by atoms with Gasteiger partial charge in [0.05, 0.1) is 11.3 Å². The van der Waals surface area contributed by atoms with Crippen LogP contribution in [0, 0.1) is 5.82 Å². The second-order valence-electron chi connectivity index (χ2n) is 3.83. The van der Waals surface area contributed by atoms with Crippen molar-refractivity contribution in [3.8, 4) is 0 Å². The standard InChI is InChI=1S/C11H9F4NO/c12-8-5-6(11(13,14)15)4-7-9(17)2-1-3-16-10(7)8/h4-5,16H,1-3H2. The van der Waals surface area contributed by atoms with Crippen LogP contribution in [-0.2, 0) is 6.18 Å². The molecule has 0 atom stereocenters. The first kappa shape index (κ1) is 11.9. The first-order valence-corrected chi connectivity index (χ1v) is 5.07. The zero-order valence-corrected chi connectivity index (χ0v) is 8.70. The lowest BCUT2D eigenvalue weighted by molar-refractivity contribution is -0.137. The molecule has 1 heterocycles. The summed E-state index contributed by atoms with van der Waals surface area (Å²) in [4.78, 5) is 11.6. The van der Waals surface area contributed by atoms with Crippen LogP contribution in [0.25, 0.3) is 0 Å². The Morgan fingerprint density at radius 1 is 1.24 bits per heavy atom. The van der Waals surface area contributed by atoms with E-state index in [4.69, 9.17) is 0 Å². The number of fused-ring (bicyclic) bond motifs is 1. The van der Waals surface area contributed by atoms with Crippen molar-refractivity contribution in [3.05, 3.63) is 29.1 Å². The van der Waals surface area contributed by atoms with Crippen molar-refractivity contribution in [3.63, 3.8) is 0 Å². The number of Topliss-reactive ketones (excluding diaryl/α,β-unsaturated/α-hetero) is 1. The number of alkyl halides is 3. The second kappa shape index (κ2) is 4.01. The molecular weight excluding hydrogens is 238 g/mol. The number of rotatable bonds is 0. The Balaban J connectivity index is 2.58. The molecule has 1 aliphatic rings. The maximum Gasteiger partial charge on any atom is 0.416 e. The van der Waals surface area contributed by atoms with E-state index >= 15 is 0 Å². The summed E-state index contributed by atoms with van der Waals surface area (Å²) >= 11 is 0. The summed E-state index contributed by atoms with van der Waals surface area (Å²) in [5, 5.41) is 2.64. The fourth-order valence-corrected chi connectivity index (χ4v) is 1.77. The van der Waals surface area contributed by atoms with E-state index in [-0.39, 0.29) is 17.7 Å². The summed E-state index contributed by atoms with van der Waals surface area (Å²) in [6.45, 7) is 0.376. The van der Waals surface area contributed by atoms with Gasteiger partial charge in [-0.05, 0) is 18.6 Å². The van der Waals surface area contributed by atoms with Crippen molar-refractivity contribution in [2.75, 3.05) is 11.9 Å². The first-order chi connectivity index (χ1) is 7.89. The molecule has 0 bridgehead atoms. The lowest BCUT2D eigenvalue weighted by atomic mass is 10.0. The van der Waals surface area contributed by atoms with E-state index < -0.39 is 23.3 Å². The Kier molecular flexibility index (Phi) is 2.81. The van der Waals surface area contributed by atoms with Crippen molar-refractivity contribution < 1.29 is 22.4 Å². The molecule has 2 nitrogen and oxygen atoms in total. The molecule has 0 saturated carbocycles. The highest BCUT2D eigenvalue weighted by Crippen LogP contribution is 2.34. The fraction of sp³-hybridized carbons (Fsp3) is 0.364. The molecule has 0 spiro atoms. The van der Waals surface area contributed by atoms with E-state index in [9.17, 15) is 22.4 Å². The van der Waals surface area contributed by atoms with E-state index in [0.717, 1.165) is 0 Å². The van der Waals surface area contributed by atoms with Gasteiger partial charge in [0.25, 0.3) is 0 Å². The molecule has 0 unspecified atom stereocenters. The quantitative estimate of drug-likeness (QED) is 0.713. The average molecular weight is 247 g/mol. The summed E-state index contributed by atoms with van der Waals surface area (Å²) in [5.41, 5.74) is -1.47. The van der Waals surface area contributed by atoms with Gasteiger partial charge in [0.1, 0.15) is 5.82 Å². The minimum atomic E-state index is -4.65. The minimum Gasteiger partial charge on any atom is -0.382 e. The average Bonchev–Trinajstić information content (AvgIpc) is 2.40. The molecule has 0 amide bonds. The summed E-state index contributed by atoms with van der Waals surface area (Å²) in [5.74, 6) is -1.50. The predicted molar refractivity (Wildman–Crippen MR) is 53.5 cm³/mol. The number of nitrogens with one attached hydrogen (secondary N) is 1. The topological polar surface area (TPSA) is 29.1 Å². The number of hydrogen-bond acceptors (Lipinski definition) is 2.